The number of rotatable bonds is 5. The van der Waals surface area contributed by atoms with Gasteiger partial charge in [0.15, 0.2) is 5.75 Å². The van der Waals surface area contributed by atoms with Crippen molar-refractivity contribution >= 4 is 45.9 Å². The second-order valence-electron chi connectivity index (χ2n) is 6.65. The first-order valence-electron chi connectivity index (χ1n) is 9.06. The van der Waals surface area contributed by atoms with E-state index in [-0.39, 0.29) is 33.8 Å². The van der Waals surface area contributed by atoms with Crippen molar-refractivity contribution in [1.82, 2.24) is 9.97 Å². The van der Waals surface area contributed by atoms with Gasteiger partial charge in [0.2, 0.25) is 0 Å². The van der Waals surface area contributed by atoms with E-state index in [9.17, 15) is 14.0 Å². The zero-order valence-corrected chi connectivity index (χ0v) is 17.3. The molecule has 1 heterocycles. The molecule has 0 aliphatic carbocycles. The molecule has 0 radical (unpaired) electrons. The molecule has 4 aromatic rings. The summed E-state index contributed by atoms with van der Waals surface area (Å²) in [4.78, 5) is 7.25. The fourth-order valence-corrected chi connectivity index (χ4v) is 3.63. The second kappa shape index (κ2) is 8.76. The van der Waals surface area contributed by atoms with E-state index in [1.807, 2.05) is 0 Å². The fraction of sp³-hybridized carbons (Fsp3) is 0.0435. The van der Waals surface area contributed by atoms with Crippen LogP contribution in [0, 0.1) is 23.0 Å². The molecule has 0 unspecified atom stereocenters. The molecule has 0 amide bonds. The summed E-state index contributed by atoms with van der Waals surface area (Å²) in [6.07, 6.45) is 1.56. The molecule has 154 valence electrons. The quantitative estimate of drug-likeness (QED) is 0.337. The summed E-state index contributed by atoms with van der Waals surface area (Å²) in [5, 5.41) is 10.0. The predicted octanol–water partition coefficient (Wildman–Crippen LogP) is 6.79. The summed E-state index contributed by atoms with van der Waals surface area (Å²) in [5.74, 6) is -0.224. The monoisotopic (exact) mass is 455 g/mol. The van der Waals surface area contributed by atoms with Crippen LogP contribution in [-0.2, 0) is 6.61 Å². The van der Waals surface area contributed by atoms with E-state index in [2.05, 4.69) is 16.0 Å². The van der Waals surface area contributed by atoms with Gasteiger partial charge in [-0.1, -0.05) is 35.3 Å². The number of fused-ring (bicyclic) bond motifs is 1. The van der Waals surface area contributed by atoms with Gasteiger partial charge in [-0.05, 0) is 59.7 Å². The summed E-state index contributed by atoms with van der Waals surface area (Å²) in [6.45, 7) is 0.0887. The molecule has 0 aliphatic heterocycles. The fourth-order valence-electron chi connectivity index (χ4n) is 3.01. The van der Waals surface area contributed by atoms with Gasteiger partial charge in [-0.15, -0.1) is 0 Å². The molecule has 1 N–H and O–H groups in total. The Kier molecular flexibility index (Phi) is 5.90. The van der Waals surface area contributed by atoms with Crippen molar-refractivity contribution in [2.24, 2.45) is 0 Å². The minimum atomic E-state index is -0.405. The van der Waals surface area contributed by atoms with E-state index in [1.165, 1.54) is 30.3 Å². The summed E-state index contributed by atoms with van der Waals surface area (Å²) in [6, 6.07) is 15.4. The van der Waals surface area contributed by atoms with Crippen LogP contribution in [0.4, 0.5) is 8.78 Å². The number of allylic oxidation sites excluding steroid dienone is 1. The third kappa shape index (κ3) is 4.69. The lowest BCUT2D eigenvalue weighted by atomic mass is 10.1. The van der Waals surface area contributed by atoms with Gasteiger partial charge in [0.05, 0.1) is 26.7 Å². The highest BCUT2D eigenvalue weighted by molar-refractivity contribution is 6.37. The molecule has 0 bridgehead atoms. The molecule has 3 aromatic carbocycles. The second-order valence-corrected chi connectivity index (χ2v) is 7.46. The van der Waals surface area contributed by atoms with Gasteiger partial charge in [0.1, 0.15) is 30.1 Å². The van der Waals surface area contributed by atoms with Crippen LogP contribution in [0.25, 0.3) is 22.7 Å². The highest BCUT2D eigenvalue weighted by Gasteiger charge is 2.13. The zero-order valence-electron chi connectivity index (χ0n) is 15.8. The van der Waals surface area contributed by atoms with Gasteiger partial charge in [0, 0.05) is 0 Å². The summed E-state index contributed by atoms with van der Waals surface area (Å²) < 4.78 is 32.4. The molecule has 0 aliphatic rings. The number of nitriles is 1. The first-order chi connectivity index (χ1) is 14.9. The minimum absolute atomic E-state index is 0.0887. The Hall–Kier alpha value is -3.40. The number of nitrogens with one attached hydrogen (secondary N) is 1. The molecule has 0 saturated heterocycles. The summed E-state index contributed by atoms with van der Waals surface area (Å²) >= 11 is 12.7. The molecule has 4 rings (SSSR count). The van der Waals surface area contributed by atoms with Gasteiger partial charge < -0.3 is 9.72 Å². The Labute approximate surface area is 186 Å². The van der Waals surface area contributed by atoms with Crippen LogP contribution < -0.4 is 4.74 Å². The molecule has 8 heteroatoms. The topological polar surface area (TPSA) is 61.7 Å². The predicted molar refractivity (Wildman–Crippen MR) is 117 cm³/mol. The minimum Gasteiger partial charge on any atom is -0.486 e. The Morgan fingerprint density at radius 3 is 2.52 bits per heavy atom. The lowest BCUT2D eigenvalue weighted by Gasteiger charge is -2.11. The van der Waals surface area contributed by atoms with E-state index in [1.54, 1.807) is 30.3 Å². The van der Waals surface area contributed by atoms with Crippen LogP contribution in [0.2, 0.25) is 10.0 Å². The lowest BCUT2D eigenvalue weighted by Crippen LogP contribution is -1.97. The van der Waals surface area contributed by atoms with Gasteiger partial charge in [0.25, 0.3) is 0 Å². The molecule has 0 fully saturated rings. The smallest absolute Gasteiger partial charge is 0.157 e. The third-order valence-corrected chi connectivity index (χ3v) is 4.98. The first kappa shape index (κ1) is 20.9. The molecule has 0 atom stereocenters. The Bertz CT molecular complexity index is 1340. The summed E-state index contributed by atoms with van der Waals surface area (Å²) in [7, 11) is 0. The van der Waals surface area contributed by atoms with E-state index in [0.29, 0.717) is 28.0 Å². The molecule has 0 saturated carbocycles. The van der Waals surface area contributed by atoms with Crippen LogP contribution in [0.5, 0.6) is 5.75 Å². The van der Waals surface area contributed by atoms with Crippen LogP contribution in [0.3, 0.4) is 0 Å². The van der Waals surface area contributed by atoms with E-state index < -0.39 is 5.82 Å². The molecular formula is C23H13Cl2F2N3O. The summed E-state index contributed by atoms with van der Waals surface area (Å²) in [5.41, 5.74) is 2.42. The molecule has 31 heavy (non-hydrogen) atoms. The highest BCUT2D eigenvalue weighted by Crippen LogP contribution is 2.36. The average molecular weight is 456 g/mol. The number of hydrogen-bond acceptors (Lipinski definition) is 3. The Morgan fingerprint density at radius 1 is 1.06 bits per heavy atom. The van der Waals surface area contributed by atoms with Crippen LogP contribution in [0.15, 0.2) is 54.6 Å². The maximum Gasteiger partial charge on any atom is 0.157 e. The molecular weight excluding hydrogens is 443 g/mol. The SMILES string of the molecule is N#C/C(=C/c1cc(Cl)c(OCc2cccc(F)c2)c(Cl)c1)c1nc2ccc(F)cc2[nH]1. The Morgan fingerprint density at radius 2 is 1.81 bits per heavy atom. The maximum absolute atomic E-state index is 13.4. The van der Waals surface area contributed by atoms with E-state index >= 15 is 0 Å². The number of H-pyrrole nitrogens is 1. The number of aromatic amines is 1. The standard InChI is InChI=1S/C23H13Cl2F2N3O/c24-18-8-14(9-19(25)22(18)31-12-13-2-1-3-16(26)7-13)6-15(11-28)23-29-20-5-4-17(27)10-21(20)30-23/h1-10H,12H2,(H,29,30)/b15-6-. The normalized spacial score (nSPS) is 11.5. The van der Waals surface area contributed by atoms with Crippen LogP contribution in [-0.4, -0.2) is 9.97 Å². The van der Waals surface area contributed by atoms with Crippen LogP contribution >= 0.6 is 23.2 Å². The first-order valence-corrected chi connectivity index (χ1v) is 9.82. The van der Waals surface area contributed by atoms with Gasteiger partial charge in [-0.25, -0.2) is 13.8 Å². The van der Waals surface area contributed by atoms with E-state index in [4.69, 9.17) is 27.9 Å². The zero-order chi connectivity index (χ0) is 22.0. The van der Waals surface area contributed by atoms with Crippen molar-refractivity contribution in [3.63, 3.8) is 0 Å². The largest absolute Gasteiger partial charge is 0.486 e. The molecule has 0 spiro atoms. The van der Waals surface area contributed by atoms with Crippen molar-refractivity contribution in [3.05, 3.63) is 93.2 Å². The number of aromatic nitrogens is 2. The Balaban J connectivity index is 1.61. The highest BCUT2D eigenvalue weighted by atomic mass is 35.5. The molecule has 4 nitrogen and oxygen atoms in total. The number of imidazole rings is 1. The van der Waals surface area contributed by atoms with Crippen molar-refractivity contribution in [3.8, 4) is 11.8 Å². The van der Waals surface area contributed by atoms with Crippen LogP contribution in [0.1, 0.15) is 17.0 Å². The number of benzene rings is 3. The average Bonchev–Trinajstić information content (AvgIpc) is 3.14. The number of ether oxygens (including phenoxy) is 1. The van der Waals surface area contributed by atoms with Gasteiger partial charge >= 0.3 is 0 Å². The maximum atomic E-state index is 13.4. The van der Waals surface area contributed by atoms with E-state index in [0.717, 1.165) is 0 Å². The van der Waals surface area contributed by atoms with Gasteiger partial charge in [-0.3, -0.25) is 0 Å². The number of hydrogen-bond donors (Lipinski definition) is 1. The van der Waals surface area contributed by atoms with Crippen molar-refractivity contribution < 1.29 is 13.5 Å². The number of nitrogens with zero attached hydrogens (tertiary/aromatic N) is 2. The lowest BCUT2D eigenvalue weighted by molar-refractivity contribution is 0.306. The van der Waals surface area contributed by atoms with Crippen molar-refractivity contribution in [1.29, 1.82) is 5.26 Å². The van der Waals surface area contributed by atoms with Gasteiger partial charge in [-0.2, -0.15) is 5.26 Å². The van der Waals surface area contributed by atoms with Crippen molar-refractivity contribution in [2.45, 2.75) is 6.61 Å². The number of halogens is 4. The van der Waals surface area contributed by atoms with Crippen molar-refractivity contribution in [2.75, 3.05) is 0 Å². The third-order valence-electron chi connectivity index (χ3n) is 4.42. The molecule has 1 aromatic heterocycles.